The van der Waals surface area contributed by atoms with Gasteiger partial charge in [-0.05, 0) is 24.1 Å². The third kappa shape index (κ3) is 6.03. The van der Waals surface area contributed by atoms with Gasteiger partial charge in [0.1, 0.15) is 5.75 Å². The fourth-order valence-corrected chi connectivity index (χ4v) is 3.55. The van der Waals surface area contributed by atoms with E-state index < -0.39 is 9.84 Å². The summed E-state index contributed by atoms with van der Waals surface area (Å²) in [6, 6.07) is 4.86. The second-order valence-electron chi connectivity index (χ2n) is 5.27. The lowest BCUT2D eigenvalue weighted by Crippen LogP contribution is -2.21. The smallest absolute Gasteiger partial charge is 0.225 e. The lowest BCUT2D eigenvalue weighted by molar-refractivity contribution is -0.115. The molecule has 7 heteroatoms. The lowest BCUT2D eigenvalue weighted by Gasteiger charge is -2.11. The summed E-state index contributed by atoms with van der Waals surface area (Å²) >= 11 is 0. The monoisotopic (exact) mass is 314 g/mol. The van der Waals surface area contributed by atoms with E-state index in [2.05, 4.69) is 5.32 Å². The van der Waals surface area contributed by atoms with Crippen LogP contribution in [-0.4, -0.2) is 32.9 Å². The number of rotatable bonds is 7. The molecule has 0 spiro atoms. The van der Waals surface area contributed by atoms with Crippen molar-refractivity contribution in [1.82, 2.24) is 0 Å². The largest absolute Gasteiger partial charge is 0.495 e. The SMILES string of the molecule is COc1ccc(N)cc1NC(=O)CCS(=O)(=O)CC(C)C. The van der Waals surface area contributed by atoms with Crippen molar-refractivity contribution in [2.45, 2.75) is 20.3 Å². The Bertz CT molecular complexity index is 597. The molecule has 0 fully saturated rings. The number of benzene rings is 1. The Morgan fingerprint density at radius 2 is 2.05 bits per heavy atom. The number of carbonyl (C=O) groups excluding carboxylic acids is 1. The molecular weight excluding hydrogens is 292 g/mol. The molecule has 0 aliphatic carbocycles. The predicted molar refractivity (Wildman–Crippen MR) is 84.1 cm³/mol. The van der Waals surface area contributed by atoms with E-state index in [0.29, 0.717) is 17.1 Å². The molecule has 0 aliphatic rings. The minimum atomic E-state index is -3.21. The minimum Gasteiger partial charge on any atom is -0.495 e. The van der Waals surface area contributed by atoms with Gasteiger partial charge in [-0.3, -0.25) is 4.79 Å². The fraction of sp³-hybridized carbons (Fsp3) is 0.500. The van der Waals surface area contributed by atoms with Crippen LogP contribution in [0, 0.1) is 5.92 Å². The zero-order valence-corrected chi connectivity index (χ0v) is 13.4. The van der Waals surface area contributed by atoms with E-state index >= 15 is 0 Å². The number of nitrogen functional groups attached to an aromatic ring is 1. The molecule has 0 atom stereocenters. The number of carbonyl (C=O) groups is 1. The number of anilines is 2. The third-order valence-corrected chi connectivity index (χ3v) is 4.73. The van der Waals surface area contributed by atoms with E-state index in [9.17, 15) is 13.2 Å². The molecule has 0 aromatic heterocycles. The van der Waals surface area contributed by atoms with Crippen molar-refractivity contribution in [2.75, 3.05) is 29.7 Å². The number of nitrogens with one attached hydrogen (secondary N) is 1. The maximum Gasteiger partial charge on any atom is 0.225 e. The molecule has 6 nitrogen and oxygen atoms in total. The molecule has 0 saturated heterocycles. The van der Waals surface area contributed by atoms with Crippen LogP contribution in [-0.2, 0) is 14.6 Å². The van der Waals surface area contributed by atoms with Crippen molar-refractivity contribution in [3.05, 3.63) is 18.2 Å². The van der Waals surface area contributed by atoms with Crippen LogP contribution in [0.2, 0.25) is 0 Å². The molecule has 1 aromatic rings. The van der Waals surface area contributed by atoms with Gasteiger partial charge in [0.25, 0.3) is 0 Å². The molecule has 0 bridgehead atoms. The number of hydrogen-bond acceptors (Lipinski definition) is 5. The molecule has 0 unspecified atom stereocenters. The van der Waals surface area contributed by atoms with Gasteiger partial charge in [-0.2, -0.15) is 0 Å². The number of nitrogens with two attached hydrogens (primary N) is 1. The number of ether oxygens (including phenoxy) is 1. The van der Waals surface area contributed by atoms with Gasteiger partial charge < -0.3 is 15.8 Å². The average molecular weight is 314 g/mol. The average Bonchev–Trinajstić information content (AvgIpc) is 2.35. The quantitative estimate of drug-likeness (QED) is 0.746. The highest BCUT2D eigenvalue weighted by Gasteiger charge is 2.16. The summed E-state index contributed by atoms with van der Waals surface area (Å²) in [5.74, 6) is 0.0599. The summed E-state index contributed by atoms with van der Waals surface area (Å²) in [5, 5.41) is 2.62. The molecular formula is C14H22N2O4S. The summed E-state index contributed by atoms with van der Waals surface area (Å²) < 4.78 is 28.6. The Balaban J connectivity index is 2.64. The molecule has 0 aliphatic heterocycles. The highest BCUT2D eigenvalue weighted by atomic mass is 32.2. The molecule has 1 amide bonds. The summed E-state index contributed by atoms with van der Waals surface area (Å²) in [6.45, 7) is 3.66. The molecule has 3 N–H and O–H groups in total. The maximum absolute atomic E-state index is 11.9. The van der Waals surface area contributed by atoms with Crippen molar-refractivity contribution >= 4 is 27.1 Å². The van der Waals surface area contributed by atoms with Crippen LogP contribution < -0.4 is 15.8 Å². The van der Waals surface area contributed by atoms with Crippen LogP contribution in [0.15, 0.2) is 18.2 Å². The zero-order chi connectivity index (χ0) is 16.0. The van der Waals surface area contributed by atoms with E-state index in [1.807, 2.05) is 13.8 Å². The number of sulfone groups is 1. The van der Waals surface area contributed by atoms with Gasteiger partial charge in [0.15, 0.2) is 9.84 Å². The number of hydrogen-bond donors (Lipinski definition) is 2. The van der Waals surface area contributed by atoms with Crippen molar-refractivity contribution in [3.63, 3.8) is 0 Å². The van der Waals surface area contributed by atoms with Crippen LogP contribution in [0.25, 0.3) is 0 Å². The Hall–Kier alpha value is -1.76. The molecule has 0 saturated carbocycles. The Kier molecular flexibility index (Phi) is 6.02. The highest BCUT2D eigenvalue weighted by Crippen LogP contribution is 2.26. The summed E-state index contributed by atoms with van der Waals surface area (Å²) in [4.78, 5) is 11.9. The van der Waals surface area contributed by atoms with Crippen molar-refractivity contribution in [1.29, 1.82) is 0 Å². The first-order valence-corrected chi connectivity index (χ1v) is 8.49. The molecule has 0 radical (unpaired) electrons. The minimum absolute atomic E-state index is 0.0482. The molecule has 1 aromatic carbocycles. The standard InChI is InChI=1S/C14H22N2O4S/c1-10(2)9-21(18,19)7-6-14(17)16-12-8-11(15)4-5-13(12)20-3/h4-5,8,10H,6-7,9,15H2,1-3H3,(H,16,17). The van der Waals surface area contributed by atoms with Gasteiger partial charge in [-0.1, -0.05) is 13.8 Å². The normalized spacial score (nSPS) is 11.4. The van der Waals surface area contributed by atoms with Crippen LogP contribution in [0.1, 0.15) is 20.3 Å². The molecule has 0 heterocycles. The van der Waals surface area contributed by atoms with Gasteiger partial charge in [0, 0.05) is 12.1 Å². The van der Waals surface area contributed by atoms with Gasteiger partial charge in [0.2, 0.25) is 5.91 Å². The van der Waals surface area contributed by atoms with Gasteiger partial charge in [-0.15, -0.1) is 0 Å². The molecule has 118 valence electrons. The lowest BCUT2D eigenvalue weighted by atomic mass is 10.2. The maximum atomic E-state index is 11.9. The molecule has 1 rings (SSSR count). The topological polar surface area (TPSA) is 98.5 Å². The molecule has 21 heavy (non-hydrogen) atoms. The summed E-state index contributed by atoms with van der Waals surface area (Å²) in [7, 11) is -1.73. The van der Waals surface area contributed by atoms with Crippen LogP contribution in [0.3, 0.4) is 0 Å². The van der Waals surface area contributed by atoms with Gasteiger partial charge in [0.05, 0.1) is 24.3 Å². The van der Waals surface area contributed by atoms with Crippen molar-refractivity contribution in [2.24, 2.45) is 5.92 Å². The number of methoxy groups -OCH3 is 1. The van der Waals surface area contributed by atoms with Crippen molar-refractivity contribution < 1.29 is 17.9 Å². The van der Waals surface area contributed by atoms with Gasteiger partial charge in [-0.25, -0.2) is 8.42 Å². The predicted octanol–water partition coefficient (Wildman–Crippen LogP) is 1.68. The van der Waals surface area contributed by atoms with E-state index in [1.54, 1.807) is 18.2 Å². The Morgan fingerprint density at radius 1 is 1.38 bits per heavy atom. The van der Waals surface area contributed by atoms with Crippen LogP contribution >= 0.6 is 0 Å². The van der Waals surface area contributed by atoms with E-state index in [0.717, 1.165) is 0 Å². The first-order valence-electron chi connectivity index (χ1n) is 6.67. The third-order valence-electron chi connectivity index (χ3n) is 2.73. The van der Waals surface area contributed by atoms with E-state index in [4.69, 9.17) is 10.5 Å². The van der Waals surface area contributed by atoms with Gasteiger partial charge >= 0.3 is 0 Å². The van der Waals surface area contributed by atoms with Crippen LogP contribution in [0.5, 0.6) is 5.75 Å². The second kappa shape index (κ2) is 7.31. The second-order valence-corrected chi connectivity index (χ2v) is 7.49. The fourth-order valence-electron chi connectivity index (χ4n) is 1.88. The summed E-state index contributed by atoms with van der Waals surface area (Å²) in [6.07, 6.45) is -0.0903. The Labute approximate surface area is 125 Å². The van der Waals surface area contributed by atoms with E-state index in [1.165, 1.54) is 7.11 Å². The first kappa shape index (κ1) is 17.3. The zero-order valence-electron chi connectivity index (χ0n) is 12.5. The van der Waals surface area contributed by atoms with E-state index in [-0.39, 0.29) is 29.8 Å². The first-order chi connectivity index (χ1) is 9.73. The summed E-state index contributed by atoms with van der Waals surface area (Å²) in [5.41, 5.74) is 6.57. The Morgan fingerprint density at radius 3 is 2.62 bits per heavy atom. The van der Waals surface area contributed by atoms with Crippen LogP contribution in [0.4, 0.5) is 11.4 Å². The number of amides is 1. The van der Waals surface area contributed by atoms with Crippen molar-refractivity contribution in [3.8, 4) is 5.75 Å². The highest BCUT2D eigenvalue weighted by molar-refractivity contribution is 7.91.